The Morgan fingerprint density at radius 1 is 1.19 bits per heavy atom. The van der Waals surface area contributed by atoms with Crippen molar-refractivity contribution in [2.24, 2.45) is 5.92 Å². The monoisotopic (exact) mass is 470 g/mol. The van der Waals surface area contributed by atoms with E-state index in [0.29, 0.717) is 46.5 Å². The molecule has 1 aromatic heterocycles. The second kappa shape index (κ2) is 9.75. The lowest BCUT2D eigenvalue weighted by molar-refractivity contribution is -0.130. The second-order valence-corrected chi connectivity index (χ2v) is 8.99. The number of nitrogens with one attached hydrogen (secondary N) is 1. The van der Waals surface area contributed by atoms with E-state index in [4.69, 9.17) is 21.3 Å². The Bertz CT molecular complexity index is 1140. The average molecular weight is 471 g/mol. The summed E-state index contributed by atoms with van der Waals surface area (Å²) in [6.45, 7) is 0.946. The highest BCUT2D eigenvalue weighted by atomic mass is 35.5. The number of fused-ring (bicyclic) bond motifs is 1. The molecule has 9 heteroatoms. The number of rotatable bonds is 6. The number of carbonyl (C=O) groups is 2. The number of aromatic nitrogens is 2. The average Bonchev–Trinajstić information content (AvgIpc) is 3.32. The minimum Gasteiger partial charge on any atom is -0.479 e. The maximum atomic E-state index is 13.6. The molecule has 32 heavy (non-hydrogen) atoms. The molecule has 1 fully saturated rings. The van der Waals surface area contributed by atoms with Gasteiger partial charge in [-0.15, -0.1) is 0 Å². The van der Waals surface area contributed by atoms with Crippen molar-refractivity contribution in [1.82, 2.24) is 20.2 Å². The van der Waals surface area contributed by atoms with Crippen LogP contribution in [0.2, 0.25) is 5.02 Å². The predicted octanol–water partition coefficient (Wildman–Crippen LogP) is 3.72. The predicted molar refractivity (Wildman–Crippen MR) is 125 cm³/mol. The Morgan fingerprint density at radius 2 is 1.97 bits per heavy atom. The summed E-state index contributed by atoms with van der Waals surface area (Å²) in [5.74, 6) is 0.0471. The Hall–Kier alpha value is -2.84. The van der Waals surface area contributed by atoms with Crippen molar-refractivity contribution in [2.75, 3.05) is 27.2 Å². The van der Waals surface area contributed by atoms with Crippen LogP contribution < -0.4 is 10.1 Å². The molecule has 3 aromatic rings. The molecule has 1 saturated heterocycles. The van der Waals surface area contributed by atoms with Crippen LogP contribution in [-0.4, -0.2) is 53.9 Å². The molecule has 1 aliphatic rings. The molecule has 4 rings (SSSR count). The number of hydrogen-bond donors (Lipinski definition) is 1. The molecule has 2 amide bonds. The maximum Gasteiger partial charge on any atom is 0.247 e. The van der Waals surface area contributed by atoms with Crippen LogP contribution in [0.4, 0.5) is 0 Å². The van der Waals surface area contributed by atoms with Gasteiger partial charge in [-0.05, 0) is 30.2 Å². The molecule has 1 unspecified atom stereocenters. The fraction of sp³-hybridized carbons (Fsp3) is 0.304. The van der Waals surface area contributed by atoms with Crippen LogP contribution in [-0.2, 0) is 9.59 Å². The van der Waals surface area contributed by atoms with Crippen molar-refractivity contribution in [3.8, 4) is 5.88 Å². The van der Waals surface area contributed by atoms with E-state index in [-0.39, 0.29) is 17.7 Å². The first-order valence-electron chi connectivity index (χ1n) is 10.2. The summed E-state index contributed by atoms with van der Waals surface area (Å²) in [7, 11) is 3.14. The summed E-state index contributed by atoms with van der Waals surface area (Å²) in [5.41, 5.74) is 2.14. The van der Waals surface area contributed by atoms with E-state index in [9.17, 15) is 9.59 Å². The third-order valence-electron chi connectivity index (χ3n) is 5.43. The highest BCUT2D eigenvalue weighted by Gasteiger charge is 2.35. The van der Waals surface area contributed by atoms with Crippen molar-refractivity contribution >= 4 is 46.2 Å². The molecule has 0 aliphatic carbocycles. The zero-order chi connectivity index (χ0) is 22.7. The summed E-state index contributed by atoms with van der Waals surface area (Å²) in [5, 5.41) is 3.21. The lowest BCUT2D eigenvalue weighted by Crippen LogP contribution is -2.35. The molecule has 2 atom stereocenters. The van der Waals surface area contributed by atoms with Gasteiger partial charge in [0.2, 0.25) is 17.7 Å². The second-order valence-electron chi connectivity index (χ2n) is 7.46. The number of likely N-dealkylation sites (tertiary alicyclic amines) is 1. The van der Waals surface area contributed by atoms with E-state index in [2.05, 4.69) is 10.3 Å². The number of hydrogen-bond acceptors (Lipinski definition) is 6. The maximum absolute atomic E-state index is 13.6. The topological polar surface area (TPSA) is 84.4 Å². The molecular formula is C23H23ClN4O3S. The number of benzene rings is 2. The minimum atomic E-state index is -0.549. The molecular weight excluding hydrogens is 448 g/mol. The van der Waals surface area contributed by atoms with E-state index in [1.165, 1.54) is 18.9 Å². The molecule has 0 bridgehead atoms. The van der Waals surface area contributed by atoms with Crippen LogP contribution in [0.5, 0.6) is 5.88 Å². The first-order valence-corrected chi connectivity index (χ1v) is 11.5. The fourth-order valence-electron chi connectivity index (χ4n) is 3.75. The van der Waals surface area contributed by atoms with Crippen molar-refractivity contribution in [1.29, 1.82) is 0 Å². The van der Waals surface area contributed by atoms with E-state index in [0.717, 1.165) is 5.56 Å². The standard InChI is InChI=1S/C23H23ClN4O3S/c1-25-20(29)15-10-11-28(13-15)23(30)19(14-6-4-3-5-7-14)32-22-21(31-2)26-18-12-16(24)8-9-17(18)27-22/h3-9,12,15,19H,10-11,13H2,1-2H3,(H,25,29)/t15-,19?/m0/s1. The Labute approximate surface area is 195 Å². The zero-order valence-electron chi connectivity index (χ0n) is 17.7. The minimum absolute atomic E-state index is 0.0371. The smallest absolute Gasteiger partial charge is 0.247 e. The largest absolute Gasteiger partial charge is 0.479 e. The first-order chi connectivity index (χ1) is 15.5. The molecule has 1 N–H and O–H groups in total. The number of amides is 2. The summed E-state index contributed by atoms with van der Waals surface area (Å²) < 4.78 is 5.48. The van der Waals surface area contributed by atoms with Crippen molar-refractivity contribution < 1.29 is 14.3 Å². The Morgan fingerprint density at radius 3 is 2.69 bits per heavy atom. The third-order valence-corrected chi connectivity index (χ3v) is 6.86. The summed E-state index contributed by atoms with van der Waals surface area (Å²) in [4.78, 5) is 36.6. The lowest BCUT2D eigenvalue weighted by atomic mass is 10.1. The van der Waals surface area contributed by atoms with E-state index >= 15 is 0 Å². The van der Waals surface area contributed by atoms with Crippen molar-refractivity contribution in [3.05, 3.63) is 59.1 Å². The molecule has 166 valence electrons. The third kappa shape index (κ3) is 4.66. The van der Waals surface area contributed by atoms with Crippen molar-refractivity contribution in [3.63, 3.8) is 0 Å². The van der Waals surface area contributed by atoms with Gasteiger partial charge in [-0.2, -0.15) is 0 Å². The zero-order valence-corrected chi connectivity index (χ0v) is 19.3. The van der Waals surface area contributed by atoms with Crippen LogP contribution >= 0.6 is 23.4 Å². The van der Waals surface area contributed by atoms with Gasteiger partial charge < -0.3 is 15.0 Å². The number of carbonyl (C=O) groups excluding carboxylic acids is 2. The Balaban J connectivity index is 1.67. The normalized spacial score (nSPS) is 16.7. The van der Waals surface area contributed by atoms with Crippen LogP contribution in [0.3, 0.4) is 0 Å². The lowest BCUT2D eigenvalue weighted by Gasteiger charge is -2.23. The SMILES string of the molecule is CNC(=O)[C@H]1CCN(C(=O)C(Sc2nc3ccc(Cl)cc3nc2OC)c2ccccc2)C1. The highest BCUT2D eigenvalue weighted by Crippen LogP contribution is 2.41. The first kappa shape index (κ1) is 22.4. The van der Waals surface area contributed by atoms with Gasteiger partial charge >= 0.3 is 0 Å². The number of nitrogens with zero attached hydrogens (tertiary/aromatic N) is 3. The van der Waals surface area contributed by atoms with Gasteiger partial charge in [-0.1, -0.05) is 53.7 Å². The van der Waals surface area contributed by atoms with Crippen LogP contribution in [0, 0.1) is 5.92 Å². The van der Waals surface area contributed by atoms with E-state index < -0.39 is 5.25 Å². The number of thioether (sulfide) groups is 1. The quantitative estimate of drug-likeness (QED) is 0.553. The van der Waals surface area contributed by atoms with Crippen molar-refractivity contribution in [2.45, 2.75) is 16.7 Å². The van der Waals surface area contributed by atoms with E-state index in [1.54, 1.807) is 30.1 Å². The van der Waals surface area contributed by atoms with Gasteiger partial charge in [0.25, 0.3) is 0 Å². The van der Waals surface area contributed by atoms with Crippen LogP contribution in [0.25, 0.3) is 11.0 Å². The van der Waals surface area contributed by atoms with E-state index in [1.807, 2.05) is 30.3 Å². The van der Waals surface area contributed by atoms with Gasteiger partial charge in [0, 0.05) is 25.2 Å². The highest BCUT2D eigenvalue weighted by molar-refractivity contribution is 8.00. The van der Waals surface area contributed by atoms with Crippen LogP contribution in [0.15, 0.2) is 53.6 Å². The fourth-order valence-corrected chi connectivity index (χ4v) is 5.06. The molecule has 7 nitrogen and oxygen atoms in total. The number of methoxy groups -OCH3 is 1. The number of ether oxygens (including phenoxy) is 1. The molecule has 0 saturated carbocycles. The van der Waals surface area contributed by atoms with Gasteiger partial charge in [0.05, 0.1) is 24.1 Å². The molecule has 1 aliphatic heterocycles. The molecule has 0 radical (unpaired) electrons. The van der Waals surface area contributed by atoms with Gasteiger partial charge in [0.15, 0.2) is 5.03 Å². The van der Waals surface area contributed by atoms with Crippen LogP contribution in [0.1, 0.15) is 17.2 Å². The molecule has 2 heterocycles. The van der Waals surface area contributed by atoms with Gasteiger partial charge in [-0.3, -0.25) is 9.59 Å². The molecule has 2 aromatic carbocycles. The summed E-state index contributed by atoms with van der Waals surface area (Å²) in [6.07, 6.45) is 0.650. The summed E-state index contributed by atoms with van der Waals surface area (Å²) >= 11 is 7.38. The van der Waals surface area contributed by atoms with Gasteiger partial charge in [-0.25, -0.2) is 9.97 Å². The Kier molecular flexibility index (Phi) is 6.81. The number of halogens is 1. The molecule has 0 spiro atoms. The van der Waals surface area contributed by atoms with Gasteiger partial charge in [0.1, 0.15) is 5.25 Å². The summed E-state index contributed by atoms with van der Waals surface area (Å²) in [6, 6.07) is 14.8.